The number of thioether (sulfide) groups is 1. The number of nitriles is 1. The highest BCUT2D eigenvalue weighted by Crippen LogP contribution is 2.42. The number of hydrogen-bond donors (Lipinski definition) is 1. The van der Waals surface area contributed by atoms with Crippen LogP contribution in [0.25, 0.3) is 0 Å². The number of hydrogen-bond acceptors (Lipinski definition) is 4. The Labute approximate surface area is 180 Å². The van der Waals surface area contributed by atoms with Crippen LogP contribution in [-0.4, -0.2) is 10.6 Å². The summed E-state index contributed by atoms with van der Waals surface area (Å²) in [5.41, 5.74) is 4.45. The predicted octanol–water partition coefficient (Wildman–Crippen LogP) is 5.61. The smallest absolute Gasteiger partial charge is 0.166 e. The van der Waals surface area contributed by atoms with Crippen molar-refractivity contribution in [2.24, 2.45) is 0 Å². The van der Waals surface area contributed by atoms with Gasteiger partial charge in [0, 0.05) is 16.6 Å². The van der Waals surface area contributed by atoms with Gasteiger partial charge in [-0.25, -0.2) is 0 Å². The molecule has 2 aromatic rings. The summed E-state index contributed by atoms with van der Waals surface area (Å²) in [7, 11) is 0. The Morgan fingerprint density at radius 2 is 1.93 bits per heavy atom. The molecule has 3 rings (SSSR count). The molecule has 0 fully saturated rings. The van der Waals surface area contributed by atoms with Crippen LogP contribution in [-0.2, 0) is 17.1 Å². The van der Waals surface area contributed by atoms with E-state index in [1.807, 2.05) is 50.3 Å². The summed E-state index contributed by atoms with van der Waals surface area (Å²) in [5, 5.41) is 10.00. The molecule has 3 atom stereocenters. The molecule has 1 aliphatic rings. The first kappa shape index (κ1) is 21.5. The van der Waals surface area contributed by atoms with E-state index in [1.54, 1.807) is 17.8 Å². The molecule has 0 radical (unpaired) electrons. The second kappa shape index (κ2) is 10.00. The molecule has 0 spiro atoms. The molecule has 1 heterocycles. The Morgan fingerprint density at radius 1 is 1.24 bits per heavy atom. The fraction of sp³-hybridized carbons (Fsp3) is 0.208. The van der Waals surface area contributed by atoms with Gasteiger partial charge >= 0.3 is 0 Å². The first-order valence-corrected chi connectivity index (χ1v) is 11.6. The minimum absolute atomic E-state index is 0.208. The molecule has 0 aliphatic carbocycles. The summed E-state index contributed by atoms with van der Waals surface area (Å²) in [6.07, 6.45) is 5.57. The third kappa shape index (κ3) is 5.04. The average Bonchev–Trinajstić information content (AvgIpc) is 2.92. The van der Waals surface area contributed by atoms with E-state index >= 15 is 0 Å². The lowest BCUT2D eigenvalue weighted by Gasteiger charge is -2.25. The molecule has 5 heteroatoms. The third-order valence-electron chi connectivity index (χ3n) is 4.96. The van der Waals surface area contributed by atoms with Crippen molar-refractivity contribution in [2.75, 3.05) is 0 Å². The van der Waals surface area contributed by atoms with Crippen LogP contribution in [0.5, 0.6) is 0 Å². The minimum Gasteiger partial charge on any atom is -0.593 e. The van der Waals surface area contributed by atoms with Crippen molar-refractivity contribution in [3.8, 4) is 6.07 Å². The zero-order valence-corrected chi connectivity index (χ0v) is 18.2. The number of fused-ring (bicyclic) bond motifs is 2. The molecular weight excluding hydrogens is 396 g/mol. The Balaban J connectivity index is 1.94. The van der Waals surface area contributed by atoms with Crippen LogP contribution in [0.1, 0.15) is 36.5 Å². The fourth-order valence-electron chi connectivity index (χ4n) is 3.26. The molecule has 1 unspecified atom stereocenters. The van der Waals surface area contributed by atoms with Gasteiger partial charge in [0.2, 0.25) is 0 Å². The lowest BCUT2D eigenvalue weighted by Crippen LogP contribution is -2.39. The van der Waals surface area contributed by atoms with Crippen molar-refractivity contribution >= 4 is 23.1 Å². The van der Waals surface area contributed by atoms with Crippen LogP contribution < -0.4 is 4.72 Å². The highest BCUT2D eigenvalue weighted by atomic mass is 32.2. The van der Waals surface area contributed by atoms with Gasteiger partial charge in [-0.3, -0.25) is 0 Å². The minimum atomic E-state index is -1.56. The molecule has 0 aromatic heterocycles. The second-order valence-electron chi connectivity index (χ2n) is 6.83. The molecule has 29 heavy (non-hydrogen) atoms. The summed E-state index contributed by atoms with van der Waals surface area (Å²) in [4.78, 5) is 1.60. The first-order valence-electron chi connectivity index (χ1n) is 9.42. The van der Waals surface area contributed by atoms with Crippen LogP contribution in [0.3, 0.4) is 0 Å². The van der Waals surface area contributed by atoms with Gasteiger partial charge in [0.1, 0.15) is 0 Å². The van der Waals surface area contributed by atoms with Gasteiger partial charge in [0.25, 0.3) is 0 Å². The maximum absolute atomic E-state index is 12.8. The lowest BCUT2D eigenvalue weighted by molar-refractivity contribution is 0.564. The van der Waals surface area contributed by atoms with E-state index in [1.165, 1.54) is 5.56 Å². The highest BCUT2D eigenvalue weighted by molar-refractivity contribution is 7.98. The van der Waals surface area contributed by atoms with Crippen LogP contribution in [0.15, 0.2) is 88.7 Å². The average molecular weight is 421 g/mol. The maximum atomic E-state index is 12.8. The van der Waals surface area contributed by atoms with E-state index in [-0.39, 0.29) is 5.92 Å². The molecule has 148 valence electrons. The van der Waals surface area contributed by atoms with Gasteiger partial charge in [0.15, 0.2) is 10.9 Å². The molecule has 0 bridgehead atoms. The van der Waals surface area contributed by atoms with E-state index < -0.39 is 17.4 Å². The summed E-state index contributed by atoms with van der Waals surface area (Å²) >= 11 is 0.213. The van der Waals surface area contributed by atoms with E-state index in [2.05, 4.69) is 41.6 Å². The van der Waals surface area contributed by atoms with Gasteiger partial charge in [-0.15, -0.1) is 16.5 Å². The van der Waals surface area contributed by atoms with Gasteiger partial charge in [-0.1, -0.05) is 60.2 Å². The Kier molecular flexibility index (Phi) is 7.40. The highest BCUT2D eigenvalue weighted by Gasteiger charge is 2.33. The molecular formula is C24H24N2OS2. The molecule has 2 aromatic carbocycles. The van der Waals surface area contributed by atoms with Crippen LogP contribution >= 0.6 is 11.8 Å². The van der Waals surface area contributed by atoms with E-state index in [4.69, 9.17) is 0 Å². The Morgan fingerprint density at radius 3 is 2.66 bits per heavy atom. The monoisotopic (exact) mass is 420 g/mol. The molecule has 0 saturated carbocycles. The van der Waals surface area contributed by atoms with E-state index in [9.17, 15) is 9.81 Å². The molecule has 1 aliphatic heterocycles. The quantitative estimate of drug-likeness (QED) is 0.488. The van der Waals surface area contributed by atoms with Crippen molar-refractivity contribution in [1.82, 2.24) is 4.72 Å². The van der Waals surface area contributed by atoms with Gasteiger partial charge in [-0.05, 0) is 49.3 Å². The molecule has 0 amide bonds. The number of nitrogens with one attached hydrogen (secondary N) is 1. The molecule has 3 nitrogen and oxygen atoms in total. The van der Waals surface area contributed by atoms with Crippen molar-refractivity contribution < 1.29 is 4.55 Å². The van der Waals surface area contributed by atoms with Crippen LogP contribution in [0, 0.1) is 11.3 Å². The summed E-state index contributed by atoms with van der Waals surface area (Å²) in [5.74, 6) is 0.642. The summed E-state index contributed by atoms with van der Waals surface area (Å²) < 4.78 is 15.9. The van der Waals surface area contributed by atoms with E-state index in [0.717, 1.165) is 27.3 Å². The van der Waals surface area contributed by atoms with Gasteiger partial charge in [0.05, 0.1) is 17.4 Å². The number of rotatable bonds is 6. The van der Waals surface area contributed by atoms with Crippen molar-refractivity contribution in [3.63, 3.8) is 0 Å². The number of nitrogens with zero attached hydrogens (tertiary/aromatic N) is 1. The zero-order chi connectivity index (χ0) is 20.8. The Hall–Kier alpha value is -2.23. The van der Waals surface area contributed by atoms with Crippen molar-refractivity contribution in [1.29, 1.82) is 5.26 Å². The largest absolute Gasteiger partial charge is 0.593 e. The number of allylic oxidation sites excluding steroid dienone is 4. The fourth-order valence-corrected chi connectivity index (χ4v) is 5.14. The van der Waals surface area contributed by atoms with Gasteiger partial charge in [-0.2, -0.15) is 5.26 Å². The number of benzene rings is 2. The van der Waals surface area contributed by atoms with E-state index in [0.29, 0.717) is 4.91 Å². The second-order valence-corrected chi connectivity index (χ2v) is 9.14. The summed E-state index contributed by atoms with van der Waals surface area (Å²) in [6.45, 7) is 7.82. The first-order chi connectivity index (χ1) is 14.0. The van der Waals surface area contributed by atoms with Crippen LogP contribution in [0.2, 0.25) is 0 Å². The predicted molar refractivity (Wildman–Crippen MR) is 123 cm³/mol. The van der Waals surface area contributed by atoms with Crippen molar-refractivity contribution in [2.45, 2.75) is 36.5 Å². The zero-order valence-electron chi connectivity index (χ0n) is 16.6. The third-order valence-corrected chi connectivity index (χ3v) is 7.18. The topological polar surface area (TPSA) is 58.9 Å². The normalized spacial score (nSPS) is 18.3. The SMILES string of the molecule is C=C(/C=C\C(C)=C/C)[S@+]([O-])N[C@H](C#N)C1c2ccccc2CSc2ccccc21. The molecule has 1 N–H and O–H groups in total. The maximum Gasteiger partial charge on any atom is 0.166 e. The lowest BCUT2D eigenvalue weighted by atomic mass is 9.84. The van der Waals surface area contributed by atoms with Crippen LogP contribution in [0.4, 0.5) is 0 Å². The van der Waals surface area contributed by atoms with Crippen molar-refractivity contribution in [3.05, 3.63) is 101 Å². The standard InChI is InChI=1S/C24H24N2OS2/c1-4-17(2)13-14-18(3)29(27)26-22(15-25)24-20-10-6-5-9-19(20)16-28-23-12-8-7-11-21(23)24/h4-14,22,24,26H,3,16H2,1-2H3/b14-13-,17-4-/t22-,24?,29+/m1/s1. The Bertz CT molecular complexity index is 943. The van der Waals surface area contributed by atoms with Gasteiger partial charge < -0.3 is 4.55 Å². The summed E-state index contributed by atoms with van der Waals surface area (Å²) in [6, 6.07) is 18.1. The molecule has 0 saturated heterocycles.